The quantitative estimate of drug-likeness (QED) is 0.910. The van der Waals surface area contributed by atoms with Crippen LogP contribution in [0.1, 0.15) is 18.9 Å². The van der Waals surface area contributed by atoms with E-state index in [0.29, 0.717) is 6.42 Å². The number of hydrogen-bond donors (Lipinski definition) is 1. The Balaban J connectivity index is 2.37. The molecule has 1 fully saturated rings. The predicted molar refractivity (Wildman–Crippen MR) is 71.0 cm³/mol. The topological polar surface area (TPSA) is 49.4 Å². The second-order valence-corrected chi connectivity index (χ2v) is 5.02. The van der Waals surface area contributed by atoms with Crippen LogP contribution in [-0.4, -0.2) is 24.4 Å². The van der Waals surface area contributed by atoms with Crippen molar-refractivity contribution in [3.8, 4) is 0 Å². The van der Waals surface area contributed by atoms with Crippen molar-refractivity contribution in [3.63, 3.8) is 0 Å². The molecule has 1 aromatic carbocycles. The lowest BCUT2D eigenvalue weighted by atomic mass is 10.1. The van der Waals surface area contributed by atoms with Gasteiger partial charge < -0.3 is 5.32 Å². The predicted octanol–water partition coefficient (Wildman–Crippen LogP) is 2.60. The molecule has 8 heteroatoms. The van der Waals surface area contributed by atoms with Crippen molar-refractivity contribution in [1.29, 1.82) is 0 Å². The van der Waals surface area contributed by atoms with Crippen LogP contribution in [0.4, 0.5) is 18.9 Å². The number of alkyl halides is 3. The normalized spacial score (nSPS) is 19.7. The first-order valence-corrected chi connectivity index (χ1v) is 6.59. The van der Waals surface area contributed by atoms with E-state index in [9.17, 15) is 22.8 Å². The number of benzene rings is 1. The Hall–Kier alpha value is -1.76. The van der Waals surface area contributed by atoms with Gasteiger partial charge >= 0.3 is 6.18 Å². The van der Waals surface area contributed by atoms with Crippen molar-refractivity contribution < 1.29 is 22.8 Å². The zero-order valence-electron chi connectivity index (χ0n) is 11.0. The number of carbonyl (C=O) groups excluding carboxylic acids is 2. The van der Waals surface area contributed by atoms with Crippen LogP contribution in [0.5, 0.6) is 0 Å². The Kier molecular flexibility index (Phi) is 4.13. The van der Waals surface area contributed by atoms with Crippen LogP contribution in [0, 0.1) is 0 Å². The fourth-order valence-electron chi connectivity index (χ4n) is 2.09. The third-order valence-electron chi connectivity index (χ3n) is 3.18. The van der Waals surface area contributed by atoms with Crippen LogP contribution in [0.15, 0.2) is 18.2 Å². The van der Waals surface area contributed by atoms with Gasteiger partial charge in [-0.05, 0) is 24.6 Å². The molecule has 1 aromatic rings. The molecule has 0 bridgehead atoms. The average molecular weight is 321 g/mol. The van der Waals surface area contributed by atoms with Gasteiger partial charge in [-0.2, -0.15) is 13.2 Å². The molecule has 0 aromatic heterocycles. The third-order valence-corrected chi connectivity index (χ3v) is 3.48. The smallest absolute Gasteiger partial charge is 0.343 e. The van der Waals surface area contributed by atoms with E-state index in [1.165, 1.54) is 0 Å². The molecule has 1 aliphatic rings. The lowest BCUT2D eigenvalue weighted by Crippen LogP contribution is -2.58. The molecule has 0 saturated carbocycles. The largest absolute Gasteiger partial charge is 0.416 e. The number of amides is 2. The van der Waals surface area contributed by atoms with E-state index in [1.54, 1.807) is 6.92 Å². The van der Waals surface area contributed by atoms with Crippen LogP contribution in [0.3, 0.4) is 0 Å². The van der Waals surface area contributed by atoms with E-state index in [-0.39, 0.29) is 23.2 Å². The number of anilines is 1. The lowest BCUT2D eigenvalue weighted by Gasteiger charge is -2.32. The second-order valence-electron chi connectivity index (χ2n) is 4.62. The van der Waals surface area contributed by atoms with Gasteiger partial charge in [0.25, 0.3) is 0 Å². The van der Waals surface area contributed by atoms with Crippen LogP contribution in [0.25, 0.3) is 0 Å². The summed E-state index contributed by atoms with van der Waals surface area (Å²) >= 11 is 5.85. The van der Waals surface area contributed by atoms with Crippen LogP contribution >= 0.6 is 11.6 Å². The molecule has 2 amide bonds. The molecule has 1 unspecified atom stereocenters. The van der Waals surface area contributed by atoms with Gasteiger partial charge in [0.05, 0.1) is 16.3 Å². The molecule has 4 nitrogen and oxygen atoms in total. The number of hydrogen-bond acceptors (Lipinski definition) is 2. The summed E-state index contributed by atoms with van der Waals surface area (Å²) in [7, 11) is 0. The first kappa shape index (κ1) is 15.6. The molecule has 1 N–H and O–H groups in total. The summed E-state index contributed by atoms with van der Waals surface area (Å²) in [5, 5.41) is 2.30. The number of rotatable bonds is 2. The molecule has 1 aliphatic heterocycles. The van der Waals surface area contributed by atoms with E-state index in [1.807, 2.05) is 0 Å². The van der Waals surface area contributed by atoms with Crippen LogP contribution in [0.2, 0.25) is 5.02 Å². The maximum atomic E-state index is 12.6. The maximum Gasteiger partial charge on any atom is 0.416 e. The third kappa shape index (κ3) is 3.12. The van der Waals surface area contributed by atoms with Crippen molar-refractivity contribution in [1.82, 2.24) is 5.32 Å². The standard InChI is InChI=1S/C13H12ClF3N2O2/c1-2-9-12(21)19(6-11(20)18-9)10-4-3-7(5-8(10)14)13(15,16)17/h3-5,9H,2,6H2,1H3,(H,18,20). The number of nitrogens with zero attached hydrogens (tertiary/aromatic N) is 1. The van der Waals surface area contributed by atoms with Crippen molar-refractivity contribution in [2.75, 3.05) is 11.4 Å². The first-order chi connectivity index (χ1) is 9.74. The monoisotopic (exact) mass is 320 g/mol. The Labute approximate surface area is 123 Å². The second kappa shape index (κ2) is 5.55. The summed E-state index contributed by atoms with van der Waals surface area (Å²) in [6, 6.07) is 2.00. The highest BCUT2D eigenvalue weighted by Crippen LogP contribution is 2.35. The number of carbonyl (C=O) groups is 2. The van der Waals surface area contributed by atoms with Gasteiger partial charge in [-0.25, -0.2) is 0 Å². The molecule has 114 valence electrons. The molecule has 0 aliphatic carbocycles. The van der Waals surface area contributed by atoms with Crippen molar-refractivity contribution >= 4 is 29.1 Å². The number of halogens is 4. The Morgan fingerprint density at radius 2 is 2.05 bits per heavy atom. The molecular weight excluding hydrogens is 309 g/mol. The molecular formula is C13H12ClF3N2O2. The minimum atomic E-state index is -4.52. The van der Waals surface area contributed by atoms with Gasteiger partial charge in [0.15, 0.2) is 0 Å². The summed E-state index contributed by atoms with van der Waals surface area (Å²) in [5.41, 5.74) is -0.805. The fourth-order valence-corrected chi connectivity index (χ4v) is 2.38. The Morgan fingerprint density at radius 1 is 1.38 bits per heavy atom. The van der Waals surface area contributed by atoms with Gasteiger partial charge in [0, 0.05) is 0 Å². The highest BCUT2D eigenvalue weighted by molar-refractivity contribution is 6.34. The maximum absolute atomic E-state index is 12.6. The summed E-state index contributed by atoms with van der Waals surface area (Å²) in [6.07, 6.45) is -4.13. The number of piperazine rings is 1. The van der Waals surface area contributed by atoms with Gasteiger partial charge in [0.2, 0.25) is 11.8 Å². The first-order valence-electron chi connectivity index (χ1n) is 6.21. The van der Waals surface area contributed by atoms with Crippen LogP contribution < -0.4 is 10.2 Å². The zero-order chi connectivity index (χ0) is 15.8. The average Bonchev–Trinajstić information content (AvgIpc) is 2.40. The minimum Gasteiger partial charge on any atom is -0.343 e. The molecule has 21 heavy (non-hydrogen) atoms. The lowest BCUT2D eigenvalue weighted by molar-refractivity contribution is -0.137. The Bertz CT molecular complexity index is 589. The van der Waals surface area contributed by atoms with E-state index in [4.69, 9.17) is 11.6 Å². The van der Waals surface area contributed by atoms with Crippen LogP contribution in [-0.2, 0) is 15.8 Å². The van der Waals surface area contributed by atoms with E-state index < -0.39 is 23.7 Å². The van der Waals surface area contributed by atoms with Gasteiger partial charge in [-0.1, -0.05) is 18.5 Å². The molecule has 0 radical (unpaired) electrons. The summed E-state index contributed by atoms with van der Waals surface area (Å²) in [4.78, 5) is 24.8. The van der Waals surface area contributed by atoms with Gasteiger partial charge in [-0.15, -0.1) is 0 Å². The van der Waals surface area contributed by atoms with Gasteiger partial charge in [0.1, 0.15) is 12.6 Å². The molecule has 1 heterocycles. The summed E-state index contributed by atoms with van der Waals surface area (Å²) in [6.45, 7) is 1.46. The highest BCUT2D eigenvalue weighted by atomic mass is 35.5. The van der Waals surface area contributed by atoms with E-state index >= 15 is 0 Å². The van der Waals surface area contributed by atoms with Crippen molar-refractivity contribution in [3.05, 3.63) is 28.8 Å². The SMILES string of the molecule is CCC1NC(=O)CN(c2ccc(C(F)(F)F)cc2Cl)C1=O. The van der Waals surface area contributed by atoms with Gasteiger partial charge in [-0.3, -0.25) is 14.5 Å². The van der Waals surface area contributed by atoms with Crippen molar-refractivity contribution in [2.45, 2.75) is 25.6 Å². The van der Waals surface area contributed by atoms with Crippen molar-refractivity contribution in [2.24, 2.45) is 0 Å². The van der Waals surface area contributed by atoms with E-state index in [0.717, 1.165) is 23.1 Å². The molecule has 0 spiro atoms. The summed E-state index contributed by atoms with van der Waals surface area (Å²) in [5.74, 6) is -0.767. The zero-order valence-corrected chi connectivity index (χ0v) is 11.8. The summed E-state index contributed by atoms with van der Waals surface area (Å²) < 4.78 is 37.8. The Morgan fingerprint density at radius 3 is 2.57 bits per heavy atom. The molecule has 1 saturated heterocycles. The van der Waals surface area contributed by atoms with E-state index in [2.05, 4.69) is 5.32 Å². The highest BCUT2D eigenvalue weighted by Gasteiger charge is 2.35. The molecule has 1 atom stereocenters. The fraction of sp³-hybridized carbons (Fsp3) is 0.385. The number of nitrogens with one attached hydrogen (secondary N) is 1. The minimum absolute atomic E-state index is 0.1000. The molecule has 2 rings (SSSR count).